The summed E-state index contributed by atoms with van der Waals surface area (Å²) in [4.78, 5) is 10.2. The first kappa shape index (κ1) is 11.9. The van der Waals surface area contributed by atoms with E-state index in [4.69, 9.17) is 16.7 Å². The van der Waals surface area contributed by atoms with Crippen LogP contribution in [-0.4, -0.2) is 25.7 Å². The van der Waals surface area contributed by atoms with Crippen LogP contribution in [0.5, 0.6) is 0 Å². The van der Waals surface area contributed by atoms with Crippen molar-refractivity contribution in [3.8, 4) is 0 Å². The van der Waals surface area contributed by atoms with Gasteiger partial charge in [0.25, 0.3) is 0 Å². The molecule has 0 amide bonds. The molecule has 7 heteroatoms. The van der Waals surface area contributed by atoms with Gasteiger partial charge in [0, 0.05) is 6.26 Å². The van der Waals surface area contributed by atoms with Crippen molar-refractivity contribution in [2.75, 3.05) is 6.26 Å². The summed E-state index contributed by atoms with van der Waals surface area (Å²) in [6, 6.07) is 1.51. The van der Waals surface area contributed by atoms with E-state index in [1.54, 1.807) is 0 Å². The SMILES string of the molecule is CS(=O)(=O)c1cc(F)c(Cl)c(C(=O)O)c1. The fourth-order valence-corrected chi connectivity index (χ4v) is 1.77. The fraction of sp³-hybridized carbons (Fsp3) is 0.125. The molecule has 1 aromatic rings. The van der Waals surface area contributed by atoms with Crippen molar-refractivity contribution in [2.45, 2.75) is 4.90 Å². The number of hydrogen-bond donors (Lipinski definition) is 1. The molecule has 1 aromatic carbocycles. The lowest BCUT2D eigenvalue weighted by atomic mass is 10.2. The maximum Gasteiger partial charge on any atom is 0.337 e. The first-order valence-corrected chi connectivity index (χ1v) is 5.93. The summed E-state index contributed by atoms with van der Waals surface area (Å²) >= 11 is 5.36. The van der Waals surface area contributed by atoms with Gasteiger partial charge in [0.2, 0.25) is 0 Å². The Balaban J connectivity index is 3.57. The lowest BCUT2D eigenvalue weighted by Crippen LogP contribution is -2.04. The molecule has 1 N–H and O–H groups in total. The minimum atomic E-state index is -3.66. The van der Waals surface area contributed by atoms with Gasteiger partial charge in [0.1, 0.15) is 5.82 Å². The third-order valence-electron chi connectivity index (χ3n) is 1.66. The smallest absolute Gasteiger partial charge is 0.337 e. The second-order valence-corrected chi connectivity index (χ2v) is 5.24. The van der Waals surface area contributed by atoms with Crippen LogP contribution in [-0.2, 0) is 9.84 Å². The lowest BCUT2D eigenvalue weighted by molar-refractivity contribution is 0.0696. The van der Waals surface area contributed by atoms with Crippen molar-refractivity contribution >= 4 is 27.4 Å². The molecule has 0 aromatic heterocycles. The van der Waals surface area contributed by atoms with Crippen LogP contribution in [0.4, 0.5) is 4.39 Å². The molecular formula is C8H6ClFO4S. The molecule has 0 saturated carbocycles. The Morgan fingerprint density at radius 3 is 2.40 bits per heavy atom. The highest BCUT2D eigenvalue weighted by atomic mass is 35.5. The van der Waals surface area contributed by atoms with E-state index >= 15 is 0 Å². The molecule has 0 spiro atoms. The number of aromatic carboxylic acids is 1. The van der Waals surface area contributed by atoms with Crippen LogP contribution in [0.25, 0.3) is 0 Å². The van der Waals surface area contributed by atoms with E-state index in [1.807, 2.05) is 0 Å². The largest absolute Gasteiger partial charge is 0.478 e. The van der Waals surface area contributed by atoms with Crippen molar-refractivity contribution < 1.29 is 22.7 Å². The molecule has 0 aliphatic heterocycles. The Kier molecular flexibility index (Phi) is 3.01. The van der Waals surface area contributed by atoms with E-state index in [0.717, 1.165) is 12.3 Å². The van der Waals surface area contributed by atoms with Gasteiger partial charge in [-0.3, -0.25) is 0 Å². The van der Waals surface area contributed by atoms with E-state index in [-0.39, 0.29) is 0 Å². The van der Waals surface area contributed by atoms with Crippen molar-refractivity contribution in [2.24, 2.45) is 0 Å². The molecular weight excluding hydrogens is 247 g/mol. The summed E-state index contributed by atoms with van der Waals surface area (Å²) in [6.07, 6.45) is 0.849. The summed E-state index contributed by atoms with van der Waals surface area (Å²) in [6.45, 7) is 0. The van der Waals surface area contributed by atoms with Gasteiger partial charge >= 0.3 is 5.97 Å². The number of carbonyl (C=O) groups is 1. The number of benzene rings is 1. The average molecular weight is 253 g/mol. The average Bonchev–Trinajstić information content (AvgIpc) is 2.06. The van der Waals surface area contributed by atoms with Crippen LogP contribution >= 0.6 is 11.6 Å². The molecule has 0 radical (unpaired) electrons. The molecule has 0 fully saturated rings. The zero-order valence-corrected chi connectivity index (χ0v) is 9.06. The van der Waals surface area contributed by atoms with E-state index in [1.165, 1.54) is 0 Å². The Morgan fingerprint density at radius 1 is 1.47 bits per heavy atom. The predicted octanol–water partition coefficient (Wildman–Crippen LogP) is 1.58. The quantitative estimate of drug-likeness (QED) is 0.867. The van der Waals surface area contributed by atoms with Gasteiger partial charge in [-0.15, -0.1) is 0 Å². The second-order valence-electron chi connectivity index (χ2n) is 2.84. The summed E-state index contributed by atoms with van der Waals surface area (Å²) in [5, 5.41) is 8.03. The van der Waals surface area contributed by atoms with E-state index < -0.39 is 37.1 Å². The van der Waals surface area contributed by atoms with Gasteiger partial charge in [0.05, 0.1) is 15.5 Å². The molecule has 0 aliphatic rings. The maximum atomic E-state index is 13.1. The molecule has 1 rings (SSSR count). The monoisotopic (exact) mass is 252 g/mol. The van der Waals surface area contributed by atoms with E-state index in [0.29, 0.717) is 6.07 Å². The van der Waals surface area contributed by atoms with Gasteiger partial charge in [-0.05, 0) is 12.1 Å². The summed E-state index contributed by atoms with van der Waals surface area (Å²) < 4.78 is 35.2. The van der Waals surface area contributed by atoms with Crippen LogP contribution < -0.4 is 0 Å². The topological polar surface area (TPSA) is 71.4 Å². The molecule has 4 nitrogen and oxygen atoms in total. The maximum absolute atomic E-state index is 13.1. The first-order valence-electron chi connectivity index (χ1n) is 3.66. The van der Waals surface area contributed by atoms with Crippen molar-refractivity contribution in [3.05, 3.63) is 28.5 Å². The minimum absolute atomic E-state index is 0.415. The highest BCUT2D eigenvalue weighted by Crippen LogP contribution is 2.24. The first-order chi connectivity index (χ1) is 6.73. The number of sulfone groups is 1. The van der Waals surface area contributed by atoms with Crippen LogP contribution in [0.3, 0.4) is 0 Å². The van der Waals surface area contributed by atoms with Crippen molar-refractivity contribution in [3.63, 3.8) is 0 Å². The van der Waals surface area contributed by atoms with Crippen LogP contribution in [0.2, 0.25) is 5.02 Å². The normalized spacial score (nSPS) is 11.4. The zero-order valence-electron chi connectivity index (χ0n) is 7.49. The van der Waals surface area contributed by atoms with Gasteiger partial charge in [-0.25, -0.2) is 17.6 Å². The number of rotatable bonds is 2. The summed E-state index contributed by atoms with van der Waals surface area (Å²) in [5.74, 6) is -2.55. The molecule has 82 valence electrons. The molecule has 15 heavy (non-hydrogen) atoms. The Bertz CT molecular complexity index is 524. The van der Waals surface area contributed by atoms with Gasteiger partial charge in [-0.2, -0.15) is 0 Å². The van der Waals surface area contributed by atoms with Gasteiger partial charge < -0.3 is 5.11 Å². The van der Waals surface area contributed by atoms with Crippen LogP contribution in [0, 0.1) is 5.82 Å². The Hall–Kier alpha value is -1.14. The molecule has 0 heterocycles. The van der Waals surface area contributed by atoms with Crippen molar-refractivity contribution in [1.82, 2.24) is 0 Å². The highest BCUT2D eigenvalue weighted by molar-refractivity contribution is 7.90. The molecule has 0 aliphatic carbocycles. The number of hydrogen-bond acceptors (Lipinski definition) is 3. The van der Waals surface area contributed by atoms with Crippen LogP contribution in [0.1, 0.15) is 10.4 Å². The predicted molar refractivity (Wildman–Crippen MR) is 51.5 cm³/mol. The lowest BCUT2D eigenvalue weighted by Gasteiger charge is -2.03. The minimum Gasteiger partial charge on any atom is -0.478 e. The summed E-state index contributed by atoms with van der Waals surface area (Å²) in [5.41, 5.74) is -0.572. The standard InChI is InChI=1S/C8H6ClFO4S/c1-15(13,14)4-2-5(8(11)12)7(9)6(10)3-4/h2-3H,1H3,(H,11,12). The molecule has 0 saturated heterocycles. The number of halogens is 2. The third kappa shape index (κ3) is 2.45. The summed E-state index contributed by atoms with van der Waals surface area (Å²) in [7, 11) is -3.66. The third-order valence-corrected chi connectivity index (χ3v) is 3.14. The fourth-order valence-electron chi connectivity index (χ4n) is 0.934. The second kappa shape index (κ2) is 3.79. The van der Waals surface area contributed by atoms with Gasteiger partial charge in [0.15, 0.2) is 9.84 Å². The molecule has 0 atom stereocenters. The zero-order chi connectivity index (χ0) is 11.8. The van der Waals surface area contributed by atoms with Gasteiger partial charge in [-0.1, -0.05) is 11.6 Å². The highest BCUT2D eigenvalue weighted by Gasteiger charge is 2.18. The van der Waals surface area contributed by atoms with Crippen molar-refractivity contribution in [1.29, 1.82) is 0 Å². The van der Waals surface area contributed by atoms with Crippen LogP contribution in [0.15, 0.2) is 17.0 Å². The van der Waals surface area contributed by atoms with E-state index in [2.05, 4.69) is 0 Å². The Morgan fingerprint density at radius 2 is 2.00 bits per heavy atom. The van der Waals surface area contributed by atoms with E-state index in [9.17, 15) is 17.6 Å². The molecule has 0 unspecified atom stereocenters. The number of carboxylic acid groups (broad SMARTS) is 1. The Labute approximate surface area is 90.2 Å². The number of carboxylic acids is 1. The molecule has 0 bridgehead atoms.